The van der Waals surface area contributed by atoms with E-state index < -0.39 is 0 Å². The molecule has 4 rings (SSSR count). The Morgan fingerprint density at radius 3 is 2.65 bits per heavy atom. The zero-order valence-electron chi connectivity index (χ0n) is 16.8. The van der Waals surface area contributed by atoms with Crippen LogP contribution < -0.4 is 14.9 Å². The average Bonchev–Trinajstić information content (AvgIpc) is 3.28. The second kappa shape index (κ2) is 10.1. The van der Waals surface area contributed by atoms with E-state index in [-0.39, 0.29) is 0 Å². The highest BCUT2D eigenvalue weighted by atomic mass is 35.5. The van der Waals surface area contributed by atoms with Crippen molar-refractivity contribution in [1.82, 2.24) is 4.98 Å². The maximum atomic E-state index is 6.36. The Morgan fingerprint density at radius 1 is 1.03 bits per heavy atom. The fraction of sp³-hybridized carbons (Fsp3) is 0.0833. The molecular weight excluding hydrogens is 430 g/mol. The van der Waals surface area contributed by atoms with E-state index in [1.807, 2.05) is 78.2 Å². The van der Waals surface area contributed by atoms with Crippen LogP contribution in [0.3, 0.4) is 0 Å². The minimum absolute atomic E-state index is 0.466. The number of para-hydroxylation sites is 1. The lowest BCUT2D eigenvalue weighted by atomic mass is 10.1. The lowest BCUT2D eigenvalue weighted by Gasteiger charge is -2.08. The van der Waals surface area contributed by atoms with Crippen molar-refractivity contribution < 1.29 is 9.47 Å². The molecule has 0 saturated heterocycles. The summed E-state index contributed by atoms with van der Waals surface area (Å²) in [5, 5.41) is 7.45. The molecule has 4 aromatic rings. The summed E-state index contributed by atoms with van der Waals surface area (Å²) in [5.74, 6) is 1.42. The number of aromatic nitrogens is 1. The van der Waals surface area contributed by atoms with Crippen LogP contribution in [0.5, 0.6) is 11.5 Å². The molecule has 0 fully saturated rings. The van der Waals surface area contributed by atoms with Crippen molar-refractivity contribution in [2.24, 2.45) is 5.10 Å². The van der Waals surface area contributed by atoms with Crippen molar-refractivity contribution in [1.29, 1.82) is 0 Å². The van der Waals surface area contributed by atoms with Crippen LogP contribution in [0.1, 0.15) is 11.1 Å². The summed E-state index contributed by atoms with van der Waals surface area (Å²) in [6.45, 7) is 0.466. The predicted octanol–water partition coefficient (Wildman–Crippen LogP) is 6.50. The highest BCUT2D eigenvalue weighted by Gasteiger charge is 2.09. The smallest absolute Gasteiger partial charge is 0.203 e. The quantitative estimate of drug-likeness (QED) is 0.246. The van der Waals surface area contributed by atoms with Gasteiger partial charge in [-0.3, -0.25) is 5.43 Å². The zero-order valence-corrected chi connectivity index (χ0v) is 18.4. The van der Waals surface area contributed by atoms with Crippen LogP contribution in [0.4, 0.5) is 5.13 Å². The van der Waals surface area contributed by atoms with E-state index in [0.717, 1.165) is 28.1 Å². The van der Waals surface area contributed by atoms with Crippen molar-refractivity contribution in [3.63, 3.8) is 0 Å². The van der Waals surface area contributed by atoms with Gasteiger partial charge in [0, 0.05) is 10.9 Å². The van der Waals surface area contributed by atoms with Gasteiger partial charge in [0.25, 0.3) is 0 Å². The van der Waals surface area contributed by atoms with Gasteiger partial charge in [0.1, 0.15) is 18.1 Å². The first-order valence-corrected chi connectivity index (χ1v) is 10.8. The molecular formula is C24H20ClN3O2S. The minimum atomic E-state index is 0.466. The molecule has 0 aliphatic carbocycles. The van der Waals surface area contributed by atoms with Gasteiger partial charge in [-0.05, 0) is 41.5 Å². The zero-order chi connectivity index (χ0) is 21.5. The summed E-state index contributed by atoms with van der Waals surface area (Å²) in [5.41, 5.74) is 6.68. The number of rotatable bonds is 8. The summed E-state index contributed by atoms with van der Waals surface area (Å²) in [6, 6.07) is 23.3. The number of hydrogen-bond donors (Lipinski definition) is 1. The molecule has 0 aliphatic heterocycles. The van der Waals surface area contributed by atoms with Gasteiger partial charge >= 0.3 is 0 Å². The van der Waals surface area contributed by atoms with Crippen LogP contribution in [0.2, 0.25) is 5.02 Å². The lowest BCUT2D eigenvalue weighted by Crippen LogP contribution is -1.96. The first kappa shape index (κ1) is 20.9. The Morgan fingerprint density at radius 2 is 1.84 bits per heavy atom. The van der Waals surface area contributed by atoms with Crippen molar-refractivity contribution in [2.75, 3.05) is 12.5 Å². The van der Waals surface area contributed by atoms with Gasteiger partial charge in [-0.1, -0.05) is 54.1 Å². The maximum absolute atomic E-state index is 6.36. The SMILES string of the molecule is COc1ccccc1-c1csc(N/N=C\c2ccc(OCc3ccccc3)c(Cl)c2)n1. The average molecular weight is 450 g/mol. The van der Waals surface area contributed by atoms with Crippen LogP contribution in [0.25, 0.3) is 11.3 Å². The molecule has 0 aliphatic rings. The Labute approximate surface area is 190 Å². The topological polar surface area (TPSA) is 55.7 Å². The number of hydrogen-bond acceptors (Lipinski definition) is 6. The summed E-state index contributed by atoms with van der Waals surface area (Å²) < 4.78 is 11.2. The number of halogens is 1. The monoisotopic (exact) mass is 449 g/mol. The molecule has 0 amide bonds. The highest BCUT2D eigenvalue weighted by Crippen LogP contribution is 2.32. The number of hydrazone groups is 1. The first-order chi connectivity index (χ1) is 15.2. The molecule has 1 aromatic heterocycles. The van der Waals surface area contributed by atoms with Crippen molar-refractivity contribution in [2.45, 2.75) is 6.61 Å². The molecule has 0 radical (unpaired) electrons. The minimum Gasteiger partial charge on any atom is -0.496 e. The molecule has 1 N–H and O–H groups in total. The van der Waals surface area contributed by atoms with Gasteiger partial charge < -0.3 is 9.47 Å². The molecule has 0 unspecified atom stereocenters. The molecule has 31 heavy (non-hydrogen) atoms. The molecule has 0 spiro atoms. The van der Waals surface area contributed by atoms with E-state index in [0.29, 0.717) is 22.5 Å². The van der Waals surface area contributed by atoms with Gasteiger partial charge in [0.2, 0.25) is 5.13 Å². The van der Waals surface area contributed by atoms with E-state index in [1.54, 1.807) is 13.3 Å². The van der Waals surface area contributed by atoms with Crippen LogP contribution in [-0.4, -0.2) is 18.3 Å². The molecule has 0 atom stereocenters. The van der Waals surface area contributed by atoms with E-state index in [2.05, 4.69) is 15.5 Å². The second-order valence-electron chi connectivity index (χ2n) is 6.57. The third kappa shape index (κ3) is 5.42. The number of nitrogens with one attached hydrogen (secondary N) is 1. The fourth-order valence-electron chi connectivity index (χ4n) is 2.92. The molecule has 5 nitrogen and oxygen atoms in total. The number of methoxy groups -OCH3 is 1. The highest BCUT2D eigenvalue weighted by molar-refractivity contribution is 7.14. The van der Waals surface area contributed by atoms with E-state index in [4.69, 9.17) is 21.1 Å². The van der Waals surface area contributed by atoms with Crippen molar-refractivity contribution >= 4 is 34.3 Å². The maximum Gasteiger partial charge on any atom is 0.203 e. The predicted molar refractivity (Wildman–Crippen MR) is 128 cm³/mol. The van der Waals surface area contributed by atoms with Crippen LogP contribution in [0.15, 0.2) is 83.3 Å². The number of benzene rings is 3. The van der Waals surface area contributed by atoms with Gasteiger partial charge in [-0.2, -0.15) is 5.10 Å². The van der Waals surface area contributed by atoms with E-state index >= 15 is 0 Å². The number of nitrogens with zero attached hydrogens (tertiary/aromatic N) is 2. The van der Waals surface area contributed by atoms with Gasteiger partial charge in [-0.15, -0.1) is 11.3 Å². The first-order valence-electron chi connectivity index (χ1n) is 9.57. The lowest BCUT2D eigenvalue weighted by molar-refractivity contribution is 0.306. The summed E-state index contributed by atoms with van der Waals surface area (Å²) in [7, 11) is 1.65. The number of ether oxygens (including phenoxy) is 2. The van der Waals surface area contributed by atoms with Gasteiger partial charge in [0.15, 0.2) is 0 Å². The summed E-state index contributed by atoms with van der Waals surface area (Å²) >= 11 is 7.83. The Balaban J connectivity index is 1.37. The summed E-state index contributed by atoms with van der Waals surface area (Å²) in [6.07, 6.45) is 1.69. The van der Waals surface area contributed by atoms with E-state index in [1.165, 1.54) is 11.3 Å². The van der Waals surface area contributed by atoms with E-state index in [9.17, 15) is 0 Å². The number of anilines is 1. The van der Waals surface area contributed by atoms with Crippen LogP contribution >= 0.6 is 22.9 Å². The van der Waals surface area contributed by atoms with Crippen LogP contribution in [0, 0.1) is 0 Å². The van der Waals surface area contributed by atoms with Crippen molar-refractivity contribution in [3.05, 3.63) is 94.3 Å². The third-order valence-electron chi connectivity index (χ3n) is 4.45. The second-order valence-corrected chi connectivity index (χ2v) is 7.84. The Bertz CT molecular complexity index is 1180. The number of thiazole rings is 1. The molecule has 0 saturated carbocycles. The van der Waals surface area contributed by atoms with Crippen LogP contribution in [-0.2, 0) is 6.61 Å². The van der Waals surface area contributed by atoms with Gasteiger partial charge in [0.05, 0.1) is 24.0 Å². The Kier molecular flexibility index (Phi) is 6.82. The summed E-state index contributed by atoms with van der Waals surface area (Å²) in [4.78, 5) is 4.57. The standard InChI is InChI=1S/C24H20ClN3O2S/c1-29-22-10-6-5-9-19(22)21-16-31-24(27-21)28-26-14-18-11-12-23(20(25)13-18)30-15-17-7-3-2-4-8-17/h2-14,16H,15H2,1H3,(H,27,28)/b26-14-. The van der Waals surface area contributed by atoms with Crippen molar-refractivity contribution in [3.8, 4) is 22.8 Å². The molecule has 156 valence electrons. The fourth-order valence-corrected chi connectivity index (χ4v) is 3.82. The molecule has 1 heterocycles. The Hall–Kier alpha value is -3.35. The molecule has 7 heteroatoms. The van der Waals surface area contributed by atoms with Gasteiger partial charge in [-0.25, -0.2) is 4.98 Å². The largest absolute Gasteiger partial charge is 0.496 e. The molecule has 0 bridgehead atoms. The normalized spacial score (nSPS) is 10.9. The molecule has 3 aromatic carbocycles. The third-order valence-corrected chi connectivity index (χ3v) is 5.50.